The first-order chi connectivity index (χ1) is 9.10. The van der Waals surface area contributed by atoms with Gasteiger partial charge in [0.1, 0.15) is 5.82 Å². The highest BCUT2D eigenvalue weighted by molar-refractivity contribution is 9.10. The van der Waals surface area contributed by atoms with Crippen LogP contribution < -0.4 is 5.32 Å². The van der Waals surface area contributed by atoms with Gasteiger partial charge in [-0.3, -0.25) is 4.68 Å². The number of rotatable bonds is 5. The number of halogens is 2. The molecular weight excluding hydrogens is 309 g/mol. The van der Waals surface area contributed by atoms with Crippen LogP contribution in [0.25, 0.3) is 0 Å². The van der Waals surface area contributed by atoms with Gasteiger partial charge in [0, 0.05) is 30.2 Å². The Morgan fingerprint density at radius 2 is 2.21 bits per heavy atom. The molecule has 1 aromatic heterocycles. The van der Waals surface area contributed by atoms with Crippen LogP contribution in [0.3, 0.4) is 0 Å². The summed E-state index contributed by atoms with van der Waals surface area (Å²) in [5, 5.41) is 7.76. The van der Waals surface area contributed by atoms with Crippen LogP contribution in [0.2, 0.25) is 0 Å². The van der Waals surface area contributed by atoms with Crippen molar-refractivity contribution in [1.29, 1.82) is 0 Å². The Morgan fingerprint density at radius 3 is 2.84 bits per heavy atom. The standard InChI is InChI=1S/C14H17BrFN3/c1-3-17-14(9-11-6-7-19(2)18-11)12-8-10(16)4-5-13(12)15/h4-8,14,17H,3,9H2,1-2H3. The summed E-state index contributed by atoms with van der Waals surface area (Å²) in [6.45, 7) is 2.86. The topological polar surface area (TPSA) is 29.9 Å². The molecule has 0 aliphatic heterocycles. The Balaban J connectivity index is 2.26. The van der Waals surface area contributed by atoms with E-state index in [0.717, 1.165) is 28.7 Å². The Bertz CT molecular complexity index is 553. The molecule has 1 heterocycles. The van der Waals surface area contributed by atoms with Crippen molar-refractivity contribution < 1.29 is 4.39 Å². The molecule has 0 aliphatic rings. The molecule has 0 amide bonds. The number of hydrogen-bond acceptors (Lipinski definition) is 2. The van der Waals surface area contributed by atoms with Gasteiger partial charge < -0.3 is 5.32 Å². The van der Waals surface area contributed by atoms with Crippen LogP contribution in [-0.4, -0.2) is 16.3 Å². The second kappa shape index (κ2) is 6.30. The fourth-order valence-corrected chi connectivity index (χ4v) is 2.62. The minimum absolute atomic E-state index is 0.0463. The maximum absolute atomic E-state index is 13.4. The molecule has 1 aromatic carbocycles. The van der Waals surface area contributed by atoms with Crippen LogP contribution in [0.5, 0.6) is 0 Å². The largest absolute Gasteiger partial charge is 0.310 e. The molecule has 0 bridgehead atoms. The average molecular weight is 326 g/mol. The average Bonchev–Trinajstić information content (AvgIpc) is 2.77. The summed E-state index contributed by atoms with van der Waals surface area (Å²) in [4.78, 5) is 0. The quantitative estimate of drug-likeness (QED) is 0.914. The van der Waals surface area contributed by atoms with Crippen molar-refractivity contribution in [2.24, 2.45) is 7.05 Å². The normalized spacial score (nSPS) is 12.6. The predicted molar refractivity (Wildman–Crippen MR) is 77.4 cm³/mol. The Labute approximate surface area is 121 Å². The Morgan fingerprint density at radius 1 is 1.42 bits per heavy atom. The molecule has 1 N–H and O–H groups in total. The van der Waals surface area contributed by atoms with E-state index in [4.69, 9.17) is 0 Å². The van der Waals surface area contributed by atoms with Crippen LogP contribution in [-0.2, 0) is 13.5 Å². The highest BCUT2D eigenvalue weighted by Crippen LogP contribution is 2.26. The fraction of sp³-hybridized carbons (Fsp3) is 0.357. The maximum Gasteiger partial charge on any atom is 0.123 e. The van der Waals surface area contributed by atoms with E-state index < -0.39 is 0 Å². The molecule has 1 atom stereocenters. The van der Waals surface area contributed by atoms with Crippen LogP contribution in [0.4, 0.5) is 4.39 Å². The molecule has 19 heavy (non-hydrogen) atoms. The fourth-order valence-electron chi connectivity index (χ4n) is 2.10. The van der Waals surface area contributed by atoms with Gasteiger partial charge in [-0.1, -0.05) is 22.9 Å². The van der Waals surface area contributed by atoms with Gasteiger partial charge >= 0.3 is 0 Å². The third-order valence-electron chi connectivity index (χ3n) is 2.97. The summed E-state index contributed by atoms with van der Waals surface area (Å²) in [7, 11) is 1.89. The molecule has 0 spiro atoms. The van der Waals surface area contributed by atoms with Crippen molar-refractivity contribution >= 4 is 15.9 Å². The van der Waals surface area contributed by atoms with Crippen LogP contribution in [0.1, 0.15) is 24.2 Å². The summed E-state index contributed by atoms with van der Waals surface area (Å²) in [5.41, 5.74) is 1.91. The van der Waals surface area contributed by atoms with Crippen molar-refractivity contribution in [3.63, 3.8) is 0 Å². The summed E-state index contributed by atoms with van der Waals surface area (Å²) < 4.78 is 16.1. The van der Waals surface area contributed by atoms with Crippen LogP contribution in [0.15, 0.2) is 34.9 Å². The van der Waals surface area contributed by atoms with E-state index in [2.05, 4.69) is 26.3 Å². The molecule has 0 saturated carbocycles. The summed E-state index contributed by atoms with van der Waals surface area (Å²) in [5.74, 6) is -0.220. The second-order valence-corrected chi connectivity index (χ2v) is 5.32. The van der Waals surface area contributed by atoms with Crippen LogP contribution >= 0.6 is 15.9 Å². The molecule has 0 saturated heterocycles. The van der Waals surface area contributed by atoms with E-state index >= 15 is 0 Å². The van der Waals surface area contributed by atoms with Gasteiger partial charge in [-0.2, -0.15) is 5.10 Å². The maximum atomic E-state index is 13.4. The number of benzene rings is 1. The second-order valence-electron chi connectivity index (χ2n) is 4.46. The third-order valence-corrected chi connectivity index (χ3v) is 3.69. The monoisotopic (exact) mass is 325 g/mol. The molecule has 0 aliphatic carbocycles. The Kier molecular flexibility index (Phi) is 4.71. The van der Waals surface area contributed by atoms with E-state index in [-0.39, 0.29) is 11.9 Å². The van der Waals surface area contributed by atoms with E-state index in [0.29, 0.717) is 0 Å². The number of nitrogens with one attached hydrogen (secondary N) is 1. The smallest absolute Gasteiger partial charge is 0.123 e. The lowest BCUT2D eigenvalue weighted by Crippen LogP contribution is -2.23. The van der Waals surface area contributed by atoms with Gasteiger partial charge in [0.15, 0.2) is 0 Å². The molecule has 2 aromatic rings. The van der Waals surface area contributed by atoms with Gasteiger partial charge in [0.25, 0.3) is 0 Å². The Hall–Kier alpha value is -1.20. The molecule has 0 radical (unpaired) electrons. The summed E-state index contributed by atoms with van der Waals surface area (Å²) in [6.07, 6.45) is 2.65. The lowest BCUT2D eigenvalue weighted by molar-refractivity contribution is 0.532. The summed E-state index contributed by atoms with van der Waals surface area (Å²) in [6, 6.07) is 6.80. The first-order valence-electron chi connectivity index (χ1n) is 6.27. The first-order valence-corrected chi connectivity index (χ1v) is 7.06. The molecule has 102 valence electrons. The minimum Gasteiger partial charge on any atom is -0.310 e. The third kappa shape index (κ3) is 3.64. The minimum atomic E-state index is -0.220. The summed E-state index contributed by atoms with van der Waals surface area (Å²) >= 11 is 3.49. The van der Waals surface area contributed by atoms with Crippen molar-refractivity contribution in [2.45, 2.75) is 19.4 Å². The SMILES string of the molecule is CCNC(Cc1ccn(C)n1)c1cc(F)ccc1Br. The zero-order valence-corrected chi connectivity index (χ0v) is 12.6. The molecule has 0 fully saturated rings. The van der Waals surface area contributed by atoms with Crippen LogP contribution in [0, 0.1) is 5.82 Å². The van der Waals surface area contributed by atoms with Crippen molar-refractivity contribution in [3.8, 4) is 0 Å². The van der Waals surface area contributed by atoms with Gasteiger partial charge in [-0.25, -0.2) is 4.39 Å². The number of likely N-dealkylation sites (N-methyl/N-ethyl adjacent to an activating group) is 1. The van der Waals surface area contributed by atoms with Crippen molar-refractivity contribution in [1.82, 2.24) is 15.1 Å². The van der Waals surface area contributed by atoms with E-state index in [1.807, 2.05) is 26.2 Å². The van der Waals surface area contributed by atoms with Gasteiger partial charge in [0.2, 0.25) is 0 Å². The lowest BCUT2D eigenvalue weighted by Gasteiger charge is -2.19. The molecular formula is C14H17BrFN3. The van der Waals surface area contributed by atoms with Gasteiger partial charge in [-0.05, 0) is 36.4 Å². The van der Waals surface area contributed by atoms with Gasteiger partial charge in [0.05, 0.1) is 5.69 Å². The number of aryl methyl sites for hydroxylation is 1. The number of aromatic nitrogens is 2. The van der Waals surface area contributed by atoms with Crippen molar-refractivity contribution in [2.75, 3.05) is 6.54 Å². The number of nitrogens with zero attached hydrogens (tertiary/aromatic N) is 2. The van der Waals surface area contributed by atoms with E-state index in [1.165, 1.54) is 6.07 Å². The van der Waals surface area contributed by atoms with E-state index in [9.17, 15) is 4.39 Å². The van der Waals surface area contributed by atoms with E-state index in [1.54, 1.807) is 16.8 Å². The predicted octanol–water partition coefficient (Wildman–Crippen LogP) is 3.22. The van der Waals surface area contributed by atoms with Gasteiger partial charge in [-0.15, -0.1) is 0 Å². The lowest BCUT2D eigenvalue weighted by atomic mass is 10.0. The molecule has 1 unspecified atom stereocenters. The molecule has 5 heteroatoms. The zero-order valence-electron chi connectivity index (χ0n) is 11.0. The molecule has 3 nitrogen and oxygen atoms in total. The highest BCUT2D eigenvalue weighted by atomic mass is 79.9. The van der Waals surface area contributed by atoms with Crippen molar-refractivity contribution in [3.05, 3.63) is 52.0 Å². The molecule has 2 rings (SSSR count). The highest BCUT2D eigenvalue weighted by Gasteiger charge is 2.16. The zero-order chi connectivity index (χ0) is 13.8. The number of hydrogen-bond donors (Lipinski definition) is 1. The first kappa shape index (κ1) is 14.2.